The fourth-order valence-electron chi connectivity index (χ4n) is 2.33. The molecule has 2 aromatic carbocycles. The third-order valence-corrected chi connectivity index (χ3v) is 5.31. The monoisotopic (exact) mass is 406 g/mol. The van der Waals surface area contributed by atoms with Crippen LogP contribution in [0.5, 0.6) is 5.75 Å². The maximum Gasteiger partial charge on any atom is 0.255 e. The Labute approximate surface area is 166 Å². The third kappa shape index (κ3) is 6.63. The zero-order valence-electron chi connectivity index (χ0n) is 16.5. The van der Waals surface area contributed by atoms with Gasteiger partial charge in [-0.15, -0.1) is 0 Å². The molecule has 2 rings (SSSR count). The topological polar surface area (TPSA) is 93.7 Å². The molecule has 0 atom stereocenters. The molecule has 1 amide bonds. The van der Waals surface area contributed by atoms with Crippen LogP contribution in [-0.2, 0) is 14.8 Å². The minimum Gasteiger partial charge on any atom is -0.491 e. The Morgan fingerprint density at radius 3 is 2.11 bits per heavy atom. The first kappa shape index (κ1) is 21.9. The summed E-state index contributed by atoms with van der Waals surface area (Å²) in [6.07, 6.45) is 0. The van der Waals surface area contributed by atoms with Crippen LogP contribution in [0.1, 0.15) is 31.1 Å². The summed E-state index contributed by atoms with van der Waals surface area (Å²) in [6, 6.07) is 12.7. The van der Waals surface area contributed by atoms with Gasteiger partial charge in [-0.1, -0.05) is 0 Å². The normalized spacial score (nSPS) is 11.9. The standard InChI is InChI=1S/C20H26N2O5S/c1-20(2,3)22-28(24,25)18-11-7-16(8-12-18)21-19(23)15-5-9-17(10-6-15)27-14-13-26-4/h5-12,22H,13-14H2,1-4H3,(H,21,23). The Hall–Kier alpha value is -2.42. The lowest BCUT2D eigenvalue weighted by Crippen LogP contribution is -2.40. The molecule has 0 spiro atoms. The van der Waals surface area contributed by atoms with E-state index >= 15 is 0 Å². The SMILES string of the molecule is COCCOc1ccc(C(=O)Nc2ccc(S(=O)(=O)NC(C)(C)C)cc2)cc1. The molecule has 0 saturated heterocycles. The second-order valence-corrected chi connectivity index (χ2v) is 8.88. The Kier molecular flexibility index (Phi) is 7.17. The molecule has 0 aliphatic heterocycles. The summed E-state index contributed by atoms with van der Waals surface area (Å²) >= 11 is 0. The Morgan fingerprint density at radius 1 is 0.964 bits per heavy atom. The second kappa shape index (κ2) is 9.18. The molecule has 0 aromatic heterocycles. The van der Waals surface area contributed by atoms with Gasteiger partial charge < -0.3 is 14.8 Å². The largest absolute Gasteiger partial charge is 0.491 e. The van der Waals surface area contributed by atoms with Gasteiger partial charge in [-0.25, -0.2) is 13.1 Å². The predicted molar refractivity (Wildman–Crippen MR) is 108 cm³/mol. The van der Waals surface area contributed by atoms with Crippen molar-refractivity contribution in [1.82, 2.24) is 4.72 Å². The Morgan fingerprint density at radius 2 is 1.57 bits per heavy atom. The molecular weight excluding hydrogens is 380 g/mol. The van der Waals surface area contributed by atoms with Crippen molar-refractivity contribution < 1.29 is 22.7 Å². The highest BCUT2D eigenvalue weighted by Crippen LogP contribution is 2.18. The number of hydrogen-bond acceptors (Lipinski definition) is 5. The molecule has 0 aliphatic rings. The number of methoxy groups -OCH3 is 1. The highest BCUT2D eigenvalue weighted by molar-refractivity contribution is 7.89. The van der Waals surface area contributed by atoms with Gasteiger partial charge in [0.1, 0.15) is 12.4 Å². The van der Waals surface area contributed by atoms with E-state index in [4.69, 9.17) is 9.47 Å². The van der Waals surface area contributed by atoms with Gasteiger partial charge in [0.25, 0.3) is 5.91 Å². The van der Waals surface area contributed by atoms with Crippen molar-refractivity contribution in [2.45, 2.75) is 31.2 Å². The number of carbonyl (C=O) groups is 1. The van der Waals surface area contributed by atoms with E-state index in [0.29, 0.717) is 30.2 Å². The summed E-state index contributed by atoms with van der Waals surface area (Å²) in [5, 5.41) is 2.74. The van der Waals surface area contributed by atoms with Gasteiger partial charge in [-0.3, -0.25) is 4.79 Å². The maximum atomic E-state index is 12.4. The summed E-state index contributed by atoms with van der Waals surface area (Å²) in [5.74, 6) is 0.348. The quantitative estimate of drug-likeness (QED) is 0.657. The molecule has 0 bridgehead atoms. The van der Waals surface area contributed by atoms with Gasteiger partial charge in [-0.05, 0) is 69.3 Å². The molecule has 8 heteroatoms. The molecule has 0 unspecified atom stereocenters. The van der Waals surface area contributed by atoms with E-state index in [-0.39, 0.29) is 10.8 Å². The zero-order valence-corrected chi connectivity index (χ0v) is 17.3. The van der Waals surface area contributed by atoms with Crippen LogP contribution in [0.3, 0.4) is 0 Å². The predicted octanol–water partition coefficient (Wildman–Crippen LogP) is 3.04. The molecule has 0 radical (unpaired) electrons. The van der Waals surface area contributed by atoms with Crippen molar-refractivity contribution in [2.24, 2.45) is 0 Å². The van der Waals surface area contributed by atoms with Gasteiger partial charge in [0.15, 0.2) is 0 Å². The van der Waals surface area contributed by atoms with E-state index in [9.17, 15) is 13.2 Å². The first-order valence-electron chi connectivity index (χ1n) is 8.78. The van der Waals surface area contributed by atoms with Crippen LogP contribution in [0, 0.1) is 0 Å². The van der Waals surface area contributed by atoms with Gasteiger partial charge in [0, 0.05) is 23.9 Å². The third-order valence-electron chi connectivity index (χ3n) is 3.54. The summed E-state index contributed by atoms with van der Waals surface area (Å²) in [7, 11) is -2.02. The summed E-state index contributed by atoms with van der Waals surface area (Å²) < 4.78 is 37.6. The summed E-state index contributed by atoms with van der Waals surface area (Å²) in [6.45, 7) is 6.23. The van der Waals surface area contributed by atoms with Crippen molar-refractivity contribution in [1.29, 1.82) is 0 Å². The molecule has 28 heavy (non-hydrogen) atoms. The fourth-order valence-corrected chi connectivity index (χ4v) is 3.75. The smallest absolute Gasteiger partial charge is 0.255 e. The number of amides is 1. The molecule has 0 heterocycles. The van der Waals surface area contributed by atoms with Crippen LogP contribution < -0.4 is 14.8 Å². The van der Waals surface area contributed by atoms with E-state index in [1.807, 2.05) is 0 Å². The first-order valence-corrected chi connectivity index (χ1v) is 10.3. The van der Waals surface area contributed by atoms with E-state index < -0.39 is 15.6 Å². The fraction of sp³-hybridized carbons (Fsp3) is 0.350. The molecule has 0 fully saturated rings. The van der Waals surface area contributed by atoms with Gasteiger partial charge >= 0.3 is 0 Å². The number of carbonyl (C=O) groups excluding carboxylic acids is 1. The molecule has 2 N–H and O–H groups in total. The Bertz CT molecular complexity index is 886. The summed E-state index contributed by atoms with van der Waals surface area (Å²) in [5.41, 5.74) is 0.385. The lowest BCUT2D eigenvalue weighted by molar-refractivity contribution is 0.102. The van der Waals surface area contributed by atoms with E-state index in [2.05, 4.69) is 10.0 Å². The van der Waals surface area contributed by atoms with Crippen molar-refractivity contribution in [3.63, 3.8) is 0 Å². The van der Waals surface area contributed by atoms with Crippen LogP contribution >= 0.6 is 0 Å². The molecular formula is C20H26N2O5S. The zero-order chi connectivity index (χ0) is 20.8. The summed E-state index contributed by atoms with van der Waals surface area (Å²) in [4.78, 5) is 12.5. The van der Waals surface area contributed by atoms with Crippen LogP contribution in [-0.4, -0.2) is 40.2 Å². The van der Waals surface area contributed by atoms with E-state index in [0.717, 1.165) is 0 Å². The van der Waals surface area contributed by atoms with Crippen LogP contribution in [0.2, 0.25) is 0 Å². The van der Waals surface area contributed by atoms with E-state index in [1.165, 1.54) is 12.1 Å². The number of hydrogen-bond donors (Lipinski definition) is 2. The second-order valence-electron chi connectivity index (χ2n) is 7.20. The van der Waals surface area contributed by atoms with Crippen molar-refractivity contribution >= 4 is 21.6 Å². The minimum atomic E-state index is -3.62. The first-order chi connectivity index (χ1) is 13.1. The molecule has 2 aromatic rings. The van der Waals surface area contributed by atoms with E-state index in [1.54, 1.807) is 64.3 Å². The lowest BCUT2D eigenvalue weighted by atomic mass is 10.1. The Balaban J connectivity index is 2.01. The van der Waals surface area contributed by atoms with Gasteiger partial charge in [-0.2, -0.15) is 0 Å². The van der Waals surface area contributed by atoms with Gasteiger partial charge in [0.05, 0.1) is 11.5 Å². The number of sulfonamides is 1. The minimum absolute atomic E-state index is 0.137. The van der Waals surface area contributed by atoms with Crippen LogP contribution in [0.25, 0.3) is 0 Å². The van der Waals surface area contributed by atoms with Crippen LogP contribution in [0.4, 0.5) is 5.69 Å². The average Bonchev–Trinajstić information content (AvgIpc) is 2.61. The average molecular weight is 407 g/mol. The number of ether oxygens (including phenoxy) is 2. The van der Waals surface area contributed by atoms with Crippen molar-refractivity contribution in [3.05, 3.63) is 54.1 Å². The van der Waals surface area contributed by atoms with Gasteiger partial charge in [0.2, 0.25) is 10.0 Å². The number of rotatable bonds is 8. The molecule has 7 nitrogen and oxygen atoms in total. The molecule has 0 saturated carbocycles. The lowest BCUT2D eigenvalue weighted by Gasteiger charge is -2.20. The number of nitrogens with one attached hydrogen (secondary N) is 2. The van der Waals surface area contributed by atoms with Crippen LogP contribution in [0.15, 0.2) is 53.4 Å². The molecule has 152 valence electrons. The molecule has 0 aliphatic carbocycles. The number of anilines is 1. The van der Waals surface area contributed by atoms with Crippen molar-refractivity contribution in [2.75, 3.05) is 25.6 Å². The highest BCUT2D eigenvalue weighted by atomic mass is 32.2. The maximum absolute atomic E-state index is 12.4. The number of benzene rings is 2. The van der Waals surface area contributed by atoms with Crippen molar-refractivity contribution in [3.8, 4) is 5.75 Å². The highest BCUT2D eigenvalue weighted by Gasteiger charge is 2.21.